The zero-order valence-electron chi connectivity index (χ0n) is 15.7. The summed E-state index contributed by atoms with van der Waals surface area (Å²) in [7, 11) is 0. The number of benzene rings is 1. The van der Waals surface area contributed by atoms with Crippen molar-refractivity contribution in [2.45, 2.75) is 31.9 Å². The summed E-state index contributed by atoms with van der Waals surface area (Å²) in [5.74, 6) is 0.813. The van der Waals surface area contributed by atoms with E-state index in [1.54, 1.807) is 12.1 Å². The van der Waals surface area contributed by atoms with Crippen molar-refractivity contribution in [3.05, 3.63) is 43.9 Å². The van der Waals surface area contributed by atoms with Gasteiger partial charge in [-0.3, -0.25) is 0 Å². The van der Waals surface area contributed by atoms with Crippen LogP contribution in [0.1, 0.15) is 25.7 Å². The van der Waals surface area contributed by atoms with Crippen molar-refractivity contribution in [1.82, 2.24) is 0 Å². The molecule has 0 aliphatic heterocycles. The summed E-state index contributed by atoms with van der Waals surface area (Å²) in [6.45, 7) is 1.18. The monoisotopic (exact) mass is 528 g/mol. The topological polar surface area (TPSA) is 27.7 Å². The van der Waals surface area contributed by atoms with Gasteiger partial charge in [0.15, 0.2) is 5.75 Å². The van der Waals surface area contributed by atoms with Gasteiger partial charge in [-0.2, -0.15) is 13.2 Å². The molecule has 0 atom stereocenters. The molecular formula is C19H20Cl5F3O3. The molecule has 170 valence electrons. The number of allylic oxidation sites excluding steroid dienone is 1. The zero-order chi connectivity index (χ0) is 22.6. The van der Waals surface area contributed by atoms with Gasteiger partial charge in [-0.1, -0.05) is 64.1 Å². The van der Waals surface area contributed by atoms with Gasteiger partial charge in [0, 0.05) is 18.7 Å². The van der Waals surface area contributed by atoms with E-state index in [-0.39, 0.29) is 24.1 Å². The highest BCUT2D eigenvalue weighted by Gasteiger charge is 2.31. The summed E-state index contributed by atoms with van der Waals surface area (Å²) in [4.78, 5) is 0. The third-order valence-corrected chi connectivity index (χ3v) is 4.73. The lowest BCUT2D eigenvalue weighted by atomic mass is 10.2. The molecule has 0 bridgehead atoms. The third kappa shape index (κ3) is 11.8. The van der Waals surface area contributed by atoms with E-state index in [0.717, 1.165) is 25.3 Å². The van der Waals surface area contributed by atoms with Crippen LogP contribution < -0.4 is 9.47 Å². The lowest BCUT2D eigenvalue weighted by Gasteiger charge is -2.12. The molecular weight excluding hydrogens is 510 g/mol. The second-order valence-corrected chi connectivity index (χ2v) is 8.11. The molecule has 0 aliphatic carbocycles. The van der Waals surface area contributed by atoms with Crippen LogP contribution in [0.2, 0.25) is 10.0 Å². The maximum absolute atomic E-state index is 12.2. The maximum atomic E-state index is 12.2. The highest BCUT2D eigenvalue weighted by molar-refractivity contribution is 6.55. The van der Waals surface area contributed by atoms with E-state index in [1.807, 2.05) is 0 Å². The first-order valence-electron chi connectivity index (χ1n) is 8.87. The molecule has 1 aromatic rings. The molecule has 0 spiro atoms. The molecule has 1 aromatic carbocycles. The van der Waals surface area contributed by atoms with Crippen molar-refractivity contribution in [1.29, 1.82) is 0 Å². The van der Waals surface area contributed by atoms with E-state index in [1.165, 1.54) is 6.08 Å². The first-order valence-corrected chi connectivity index (χ1v) is 10.8. The molecule has 0 N–H and O–H groups in total. The van der Waals surface area contributed by atoms with E-state index < -0.39 is 11.2 Å². The number of hydrogen-bond donors (Lipinski definition) is 0. The van der Waals surface area contributed by atoms with Gasteiger partial charge in [-0.05, 0) is 31.8 Å². The van der Waals surface area contributed by atoms with Crippen LogP contribution in [0.4, 0.5) is 13.2 Å². The summed E-state index contributed by atoms with van der Waals surface area (Å²) >= 11 is 28.5. The second-order valence-electron chi connectivity index (χ2n) is 5.88. The Morgan fingerprint density at radius 3 is 2.10 bits per heavy atom. The van der Waals surface area contributed by atoms with E-state index in [9.17, 15) is 13.2 Å². The van der Waals surface area contributed by atoms with Gasteiger partial charge in [0.1, 0.15) is 21.9 Å². The molecule has 0 aromatic heterocycles. The van der Waals surface area contributed by atoms with Crippen LogP contribution in [0.5, 0.6) is 11.5 Å². The van der Waals surface area contributed by atoms with E-state index in [2.05, 4.69) is 0 Å². The molecule has 3 nitrogen and oxygen atoms in total. The first kappa shape index (κ1) is 27.5. The smallest absolute Gasteiger partial charge is 0.426 e. The average Bonchev–Trinajstić information content (AvgIpc) is 2.63. The van der Waals surface area contributed by atoms with E-state index in [0.29, 0.717) is 34.8 Å². The number of ether oxygens (including phenoxy) is 3. The standard InChI is InChI=1S/C19H20Cl5F3O3/c20-14-11-13(29-10-6-17(23)24)12-15(21)18(14)30-9-3-1-2-7-28-8-4-5-16(22)19(25,26)27/h5-6,11-12H,1-4,7-10H2. The molecule has 0 radical (unpaired) electrons. The summed E-state index contributed by atoms with van der Waals surface area (Å²) in [5.41, 5.74) is 0. The van der Waals surface area contributed by atoms with Crippen LogP contribution in [-0.4, -0.2) is 32.6 Å². The number of hydrogen-bond acceptors (Lipinski definition) is 3. The van der Waals surface area contributed by atoms with Gasteiger partial charge in [0.2, 0.25) is 0 Å². The molecule has 0 fully saturated rings. The SMILES string of the molecule is FC(F)(F)C(Cl)=CCCOCCCCCOc1c(Cl)cc(OCC=C(Cl)Cl)cc1Cl. The maximum Gasteiger partial charge on any atom is 0.426 e. The summed E-state index contributed by atoms with van der Waals surface area (Å²) < 4.78 is 52.9. The van der Waals surface area contributed by atoms with E-state index >= 15 is 0 Å². The molecule has 11 heteroatoms. The fraction of sp³-hybridized carbons (Fsp3) is 0.474. The van der Waals surface area contributed by atoms with Crippen molar-refractivity contribution < 1.29 is 27.4 Å². The summed E-state index contributed by atoms with van der Waals surface area (Å²) in [5, 5.41) is -0.503. The van der Waals surface area contributed by atoms with Gasteiger partial charge in [0.25, 0.3) is 0 Å². The van der Waals surface area contributed by atoms with Gasteiger partial charge >= 0.3 is 6.18 Å². The summed E-state index contributed by atoms with van der Waals surface area (Å²) in [6.07, 6.45) is 0.263. The molecule has 0 amide bonds. The van der Waals surface area contributed by atoms with Crippen LogP contribution in [0, 0.1) is 0 Å². The Hall–Kier alpha value is -0.500. The Balaban J connectivity index is 2.21. The van der Waals surface area contributed by atoms with Gasteiger partial charge in [-0.15, -0.1) is 0 Å². The number of unbranched alkanes of at least 4 members (excludes halogenated alkanes) is 2. The highest BCUT2D eigenvalue weighted by atomic mass is 35.5. The molecule has 0 aliphatic rings. The average molecular weight is 531 g/mol. The Bertz CT molecular complexity index is 697. The van der Waals surface area contributed by atoms with Crippen LogP contribution in [0.3, 0.4) is 0 Å². The van der Waals surface area contributed by atoms with E-state index in [4.69, 9.17) is 72.2 Å². The highest BCUT2D eigenvalue weighted by Crippen LogP contribution is 2.37. The Morgan fingerprint density at radius 2 is 1.50 bits per heavy atom. The fourth-order valence-corrected chi connectivity index (χ4v) is 2.91. The Kier molecular flexibility index (Phi) is 13.3. The van der Waals surface area contributed by atoms with Crippen molar-refractivity contribution in [2.24, 2.45) is 0 Å². The number of halogens is 8. The minimum Gasteiger partial charge on any atom is -0.490 e. The van der Waals surface area contributed by atoms with Gasteiger partial charge in [-0.25, -0.2) is 0 Å². The van der Waals surface area contributed by atoms with Crippen molar-refractivity contribution in [3.63, 3.8) is 0 Å². The predicted molar refractivity (Wildman–Crippen MR) is 117 cm³/mol. The van der Waals surface area contributed by atoms with Crippen molar-refractivity contribution in [3.8, 4) is 11.5 Å². The first-order chi connectivity index (χ1) is 14.1. The van der Waals surface area contributed by atoms with Crippen molar-refractivity contribution in [2.75, 3.05) is 26.4 Å². The molecule has 30 heavy (non-hydrogen) atoms. The lowest BCUT2D eigenvalue weighted by Crippen LogP contribution is -2.07. The second kappa shape index (κ2) is 14.5. The van der Waals surface area contributed by atoms with Crippen LogP contribution >= 0.6 is 58.0 Å². The lowest BCUT2D eigenvalue weighted by molar-refractivity contribution is -0.0848. The molecule has 0 saturated carbocycles. The molecule has 0 heterocycles. The van der Waals surface area contributed by atoms with Crippen LogP contribution in [-0.2, 0) is 4.74 Å². The largest absolute Gasteiger partial charge is 0.490 e. The zero-order valence-corrected chi connectivity index (χ0v) is 19.5. The third-order valence-electron chi connectivity index (χ3n) is 3.50. The van der Waals surface area contributed by atoms with Crippen molar-refractivity contribution >= 4 is 58.0 Å². The molecule has 0 saturated heterocycles. The van der Waals surface area contributed by atoms with Gasteiger partial charge in [0.05, 0.1) is 23.3 Å². The quantitative estimate of drug-likeness (QED) is 0.240. The van der Waals surface area contributed by atoms with Crippen LogP contribution in [0.25, 0.3) is 0 Å². The predicted octanol–water partition coefficient (Wildman–Crippen LogP) is 8.33. The molecule has 0 unspecified atom stereocenters. The Morgan fingerprint density at radius 1 is 0.867 bits per heavy atom. The normalized spacial score (nSPS) is 12.1. The Labute approximate surface area is 198 Å². The number of alkyl halides is 3. The van der Waals surface area contributed by atoms with Gasteiger partial charge < -0.3 is 14.2 Å². The van der Waals surface area contributed by atoms with Crippen LogP contribution in [0.15, 0.2) is 33.8 Å². The molecule has 1 rings (SSSR count). The summed E-state index contributed by atoms with van der Waals surface area (Å²) in [6, 6.07) is 3.15. The minimum absolute atomic E-state index is 0.0974. The minimum atomic E-state index is -4.50. The fourth-order valence-electron chi connectivity index (χ4n) is 2.10. The number of rotatable bonds is 13.